The first-order valence-corrected chi connectivity index (χ1v) is 5.80. The molecule has 1 aromatic rings. The van der Waals surface area contributed by atoms with E-state index in [1.807, 2.05) is 0 Å². The third-order valence-electron chi connectivity index (χ3n) is 3.10. The third kappa shape index (κ3) is 2.41. The molecule has 1 aromatic heterocycles. The first-order valence-electron chi connectivity index (χ1n) is 5.80. The Labute approximate surface area is 96.0 Å². The molecule has 2 rings (SSSR count). The number of anilines is 2. The van der Waals surface area contributed by atoms with Crippen molar-refractivity contribution in [1.82, 2.24) is 15.0 Å². The number of hydrazine groups is 1. The van der Waals surface area contributed by atoms with Gasteiger partial charge in [0.05, 0.1) is 0 Å². The summed E-state index contributed by atoms with van der Waals surface area (Å²) in [5.41, 5.74) is 8.88. The number of nitrogens with two attached hydrogens (primary N) is 1. The summed E-state index contributed by atoms with van der Waals surface area (Å²) in [6.07, 6.45) is 5.38. The van der Waals surface area contributed by atoms with E-state index in [2.05, 4.69) is 34.3 Å². The lowest BCUT2D eigenvalue weighted by Gasteiger charge is -2.38. The number of hydrogen-bond donors (Lipinski definition) is 2. The first kappa shape index (κ1) is 11.1. The second kappa shape index (κ2) is 4.65. The molecule has 88 valence electrons. The molecule has 2 unspecified atom stereocenters. The van der Waals surface area contributed by atoms with E-state index in [1.54, 1.807) is 12.3 Å². The summed E-state index contributed by atoms with van der Waals surface area (Å²) < 4.78 is 0. The fraction of sp³-hybridized carbons (Fsp3) is 0.636. The van der Waals surface area contributed by atoms with Crippen LogP contribution in [0, 0.1) is 0 Å². The molecule has 1 fully saturated rings. The normalized spacial score (nSPS) is 26.6. The van der Waals surface area contributed by atoms with Crippen molar-refractivity contribution in [2.75, 3.05) is 11.2 Å². The number of rotatable bonds is 2. The van der Waals surface area contributed by atoms with Gasteiger partial charge in [0.1, 0.15) is 5.82 Å². The van der Waals surface area contributed by atoms with Gasteiger partial charge >= 0.3 is 0 Å². The molecular weight excluding hydrogens is 202 g/mol. The van der Waals surface area contributed by atoms with Crippen LogP contribution in [0.4, 0.5) is 11.8 Å². The monoisotopic (exact) mass is 221 g/mol. The number of piperidine rings is 1. The molecule has 1 aliphatic rings. The van der Waals surface area contributed by atoms with Gasteiger partial charge in [-0.2, -0.15) is 4.98 Å². The van der Waals surface area contributed by atoms with Gasteiger partial charge in [0.15, 0.2) is 0 Å². The van der Waals surface area contributed by atoms with Crippen molar-refractivity contribution in [1.29, 1.82) is 0 Å². The zero-order valence-corrected chi connectivity index (χ0v) is 9.85. The van der Waals surface area contributed by atoms with Crippen LogP contribution in [0.15, 0.2) is 12.3 Å². The van der Waals surface area contributed by atoms with E-state index in [0.717, 1.165) is 0 Å². The van der Waals surface area contributed by atoms with Gasteiger partial charge in [0.2, 0.25) is 5.95 Å². The van der Waals surface area contributed by atoms with Gasteiger partial charge in [-0.1, -0.05) is 6.42 Å². The first-order chi connectivity index (χ1) is 7.66. The largest absolute Gasteiger partial charge is 0.384 e. The van der Waals surface area contributed by atoms with Crippen LogP contribution in [0.1, 0.15) is 33.1 Å². The van der Waals surface area contributed by atoms with Gasteiger partial charge < -0.3 is 5.73 Å². The SMILES string of the molecule is CC1CCCC(C)N1Nc1nccc(N)n1. The molecule has 3 N–H and O–H groups in total. The van der Waals surface area contributed by atoms with E-state index in [0.29, 0.717) is 23.8 Å². The molecule has 0 aliphatic carbocycles. The molecule has 0 aromatic carbocycles. The molecule has 2 heterocycles. The van der Waals surface area contributed by atoms with Gasteiger partial charge in [-0.25, -0.2) is 9.99 Å². The maximum Gasteiger partial charge on any atom is 0.239 e. The van der Waals surface area contributed by atoms with Crippen LogP contribution in [-0.2, 0) is 0 Å². The lowest BCUT2D eigenvalue weighted by atomic mass is 10.00. The zero-order chi connectivity index (χ0) is 11.5. The van der Waals surface area contributed by atoms with E-state index >= 15 is 0 Å². The van der Waals surface area contributed by atoms with Crippen LogP contribution in [0.5, 0.6) is 0 Å². The van der Waals surface area contributed by atoms with Crippen LogP contribution < -0.4 is 11.2 Å². The van der Waals surface area contributed by atoms with Crippen LogP contribution in [-0.4, -0.2) is 27.1 Å². The van der Waals surface area contributed by atoms with E-state index in [4.69, 9.17) is 5.73 Å². The Morgan fingerprint density at radius 1 is 1.38 bits per heavy atom. The van der Waals surface area contributed by atoms with Gasteiger partial charge in [-0.05, 0) is 32.8 Å². The highest BCUT2D eigenvalue weighted by molar-refractivity contribution is 5.34. The number of aromatic nitrogens is 2. The van der Waals surface area contributed by atoms with E-state index in [-0.39, 0.29) is 0 Å². The summed E-state index contributed by atoms with van der Waals surface area (Å²) in [5.74, 6) is 1.08. The maximum absolute atomic E-state index is 5.62. The molecule has 0 radical (unpaired) electrons. The number of nitrogen functional groups attached to an aromatic ring is 1. The fourth-order valence-electron chi connectivity index (χ4n) is 2.18. The van der Waals surface area contributed by atoms with E-state index in [1.165, 1.54) is 19.3 Å². The van der Waals surface area contributed by atoms with Crippen LogP contribution in [0.2, 0.25) is 0 Å². The third-order valence-corrected chi connectivity index (χ3v) is 3.10. The average molecular weight is 221 g/mol. The van der Waals surface area contributed by atoms with Gasteiger partial charge in [0, 0.05) is 18.3 Å². The number of nitrogens with zero attached hydrogens (tertiary/aromatic N) is 3. The lowest BCUT2D eigenvalue weighted by Crippen LogP contribution is -2.47. The van der Waals surface area contributed by atoms with E-state index in [9.17, 15) is 0 Å². The predicted molar refractivity (Wildman–Crippen MR) is 64.7 cm³/mol. The molecule has 0 saturated carbocycles. The van der Waals surface area contributed by atoms with Gasteiger partial charge in [-0.15, -0.1) is 0 Å². The summed E-state index contributed by atoms with van der Waals surface area (Å²) in [4.78, 5) is 8.31. The predicted octanol–water partition coefficient (Wildman–Crippen LogP) is 1.65. The molecule has 1 aliphatic heterocycles. The fourth-order valence-corrected chi connectivity index (χ4v) is 2.18. The van der Waals surface area contributed by atoms with E-state index < -0.39 is 0 Å². The highest BCUT2D eigenvalue weighted by Gasteiger charge is 2.25. The minimum absolute atomic E-state index is 0.495. The van der Waals surface area contributed by atoms with Crippen molar-refractivity contribution < 1.29 is 0 Å². The topological polar surface area (TPSA) is 67.1 Å². The molecule has 0 amide bonds. The van der Waals surface area contributed by atoms with Crippen molar-refractivity contribution in [2.45, 2.75) is 45.2 Å². The van der Waals surface area contributed by atoms with Crippen molar-refractivity contribution in [3.05, 3.63) is 12.3 Å². The molecular formula is C11H19N5. The summed E-state index contributed by atoms with van der Waals surface area (Å²) in [7, 11) is 0. The summed E-state index contributed by atoms with van der Waals surface area (Å²) in [6, 6.07) is 2.70. The van der Waals surface area contributed by atoms with Gasteiger partial charge in [0.25, 0.3) is 0 Å². The summed E-state index contributed by atoms with van der Waals surface area (Å²) >= 11 is 0. The Morgan fingerprint density at radius 2 is 2.06 bits per heavy atom. The highest BCUT2D eigenvalue weighted by atomic mass is 15.6. The Hall–Kier alpha value is -1.36. The Bertz CT molecular complexity index is 344. The zero-order valence-electron chi connectivity index (χ0n) is 9.85. The maximum atomic E-state index is 5.62. The Morgan fingerprint density at radius 3 is 2.69 bits per heavy atom. The summed E-state index contributed by atoms with van der Waals surface area (Å²) in [5, 5.41) is 2.22. The number of nitrogens with one attached hydrogen (secondary N) is 1. The highest BCUT2D eigenvalue weighted by Crippen LogP contribution is 2.22. The van der Waals surface area contributed by atoms with Crippen molar-refractivity contribution in [3.8, 4) is 0 Å². The second-order valence-electron chi connectivity index (χ2n) is 4.45. The van der Waals surface area contributed by atoms with Gasteiger partial charge in [-0.3, -0.25) is 5.43 Å². The van der Waals surface area contributed by atoms with Crippen LogP contribution in [0.25, 0.3) is 0 Å². The molecule has 0 spiro atoms. The average Bonchev–Trinajstić information content (AvgIpc) is 2.24. The number of hydrogen-bond acceptors (Lipinski definition) is 5. The second-order valence-corrected chi connectivity index (χ2v) is 4.45. The Kier molecular flexibility index (Phi) is 3.24. The molecule has 5 heteroatoms. The summed E-state index contributed by atoms with van der Waals surface area (Å²) in [6.45, 7) is 4.43. The standard InChI is InChI=1S/C11H19N5/c1-8-4-3-5-9(2)16(8)15-11-13-7-6-10(12)14-11/h6-9H,3-5H2,1-2H3,(H3,12,13,14,15). The van der Waals surface area contributed by atoms with Crippen LogP contribution in [0.3, 0.4) is 0 Å². The van der Waals surface area contributed by atoms with Crippen molar-refractivity contribution >= 4 is 11.8 Å². The quantitative estimate of drug-likeness (QED) is 0.794. The lowest BCUT2D eigenvalue weighted by molar-refractivity contribution is 0.134. The minimum atomic E-state index is 0.495. The molecule has 1 saturated heterocycles. The molecule has 16 heavy (non-hydrogen) atoms. The van der Waals surface area contributed by atoms with Crippen LogP contribution >= 0.6 is 0 Å². The minimum Gasteiger partial charge on any atom is -0.384 e. The Balaban J connectivity index is 2.07. The molecule has 5 nitrogen and oxygen atoms in total. The molecule has 0 bridgehead atoms. The van der Waals surface area contributed by atoms with Crippen molar-refractivity contribution in [3.63, 3.8) is 0 Å². The molecule has 2 atom stereocenters. The smallest absolute Gasteiger partial charge is 0.239 e. The van der Waals surface area contributed by atoms with Crippen molar-refractivity contribution in [2.24, 2.45) is 0 Å².